The molecule has 1 unspecified atom stereocenters. The van der Waals surface area contributed by atoms with E-state index in [4.69, 9.17) is 14.6 Å². The van der Waals surface area contributed by atoms with E-state index in [9.17, 15) is 9.59 Å². The van der Waals surface area contributed by atoms with Gasteiger partial charge in [-0.1, -0.05) is 18.6 Å². The van der Waals surface area contributed by atoms with Gasteiger partial charge in [0, 0.05) is 6.04 Å². The summed E-state index contributed by atoms with van der Waals surface area (Å²) in [4.78, 5) is 23.3. The van der Waals surface area contributed by atoms with Crippen LogP contribution >= 0.6 is 0 Å². The first-order chi connectivity index (χ1) is 10.1. The molecule has 1 heterocycles. The lowest BCUT2D eigenvalue weighted by atomic mass is 10.0. The fourth-order valence-electron chi connectivity index (χ4n) is 2.85. The second-order valence-electron chi connectivity index (χ2n) is 5.35. The van der Waals surface area contributed by atoms with Crippen LogP contribution in [0.25, 0.3) is 0 Å². The summed E-state index contributed by atoms with van der Waals surface area (Å²) < 4.78 is 11.1. The van der Waals surface area contributed by atoms with Gasteiger partial charge in [0.05, 0.1) is 5.92 Å². The van der Waals surface area contributed by atoms with Crippen LogP contribution in [0.4, 0.5) is 0 Å². The number of carbonyl (C=O) groups is 2. The highest BCUT2D eigenvalue weighted by Crippen LogP contribution is 2.31. The van der Waals surface area contributed by atoms with Crippen molar-refractivity contribution in [1.82, 2.24) is 5.32 Å². The maximum Gasteiger partial charge on any atom is 0.308 e. The predicted octanol–water partition coefficient (Wildman–Crippen LogP) is 1.20. The summed E-state index contributed by atoms with van der Waals surface area (Å²) >= 11 is 0. The number of fused-ring (bicyclic) bond motifs is 1. The summed E-state index contributed by atoms with van der Waals surface area (Å²) in [7, 11) is 0. The van der Waals surface area contributed by atoms with Crippen LogP contribution in [0.3, 0.4) is 0 Å². The average molecular weight is 291 g/mol. The number of aliphatic carboxylic acids is 1. The molecule has 1 aliphatic carbocycles. The van der Waals surface area contributed by atoms with Crippen LogP contribution in [0.5, 0.6) is 11.5 Å². The van der Waals surface area contributed by atoms with Crippen molar-refractivity contribution in [3.8, 4) is 11.5 Å². The highest BCUT2D eigenvalue weighted by atomic mass is 16.6. The van der Waals surface area contributed by atoms with Crippen LogP contribution in [0.2, 0.25) is 0 Å². The summed E-state index contributed by atoms with van der Waals surface area (Å²) in [6, 6.07) is 6.83. The van der Waals surface area contributed by atoms with Gasteiger partial charge in [0.1, 0.15) is 6.61 Å². The molecule has 0 aromatic heterocycles. The van der Waals surface area contributed by atoms with Gasteiger partial charge in [-0.15, -0.1) is 0 Å². The predicted molar refractivity (Wildman–Crippen MR) is 73.3 cm³/mol. The van der Waals surface area contributed by atoms with Crippen molar-refractivity contribution in [3.63, 3.8) is 0 Å². The monoisotopic (exact) mass is 291 g/mol. The van der Waals surface area contributed by atoms with Gasteiger partial charge in [0.25, 0.3) is 5.91 Å². The minimum absolute atomic E-state index is 0.132. The summed E-state index contributed by atoms with van der Waals surface area (Å²) in [5.74, 6) is -0.534. The number of rotatable bonds is 3. The van der Waals surface area contributed by atoms with Crippen LogP contribution in [-0.4, -0.2) is 35.7 Å². The molecule has 1 aromatic carbocycles. The molecule has 1 amide bonds. The van der Waals surface area contributed by atoms with Crippen LogP contribution in [0.1, 0.15) is 19.3 Å². The van der Waals surface area contributed by atoms with Crippen molar-refractivity contribution in [3.05, 3.63) is 24.3 Å². The van der Waals surface area contributed by atoms with Gasteiger partial charge in [-0.05, 0) is 25.0 Å². The molecule has 3 rings (SSSR count). The third kappa shape index (κ3) is 2.79. The van der Waals surface area contributed by atoms with E-state index in [-0.39, 0.29) is 18.6 Å². The number of amides is 1. The number of nitrogens with one attached hydrogen (secondary N) is 1. The second kappa shape index (κ2) is 5.63. The lowest BCUT2D eigenvalue weighted by molar-refractivity contribution is -0.142. The van der Waals surface area contributed by atoms with Gasteiger partial charge in [0.2, 0.25) is 6.10 Å². The largest absolute Gasteiger partial charge is 0.485 e. The lowest BCUT2D eigenvalue weighted by Crippen LogP contribution is -2.49. The van der Waals surface area contributed by atoms with Crippen molar-refractivity contribution in [1.29, 1.82) is 0 Å². The fourth-order valence-corrected chi connectivity index (χ4v) is 2.85. The lowest BCUT2D eigenvalue weighted by Gasteiger charge is -2.27. The molecule has 0 radical (unpaired) electrons. The molecule has 6 nitrogen and oxygen atoms in total. The topological polar surface area (TPSA) is 84.9 Å². The number of hydrogen-bond acceptors (Lipinski definition) is 4. The van der Waals surface area contributed by atoms with Crippen LogP contribution in [-0.2, 0) is 9.59 Å². The molecular weight excluding hydrogens is 274 g/mol. The normalized spacial score (nSPS) is 27.1. The van der Waals surface area contributed by atoms with Gasteiger partial charge in [-0.25, -0.2) is 0 Å². The van der Waals surface area contributed by atoms with E-state index in [0.717, 1.165) is 6.42 Å². The number of hydrogen-bond donors (Lipinski definition) is 2. The molecule has 1 aliphatic heterocycles. The van der Waals surface area contributed by atoms with Crippen molar-refractivity contribution >= 4 is 11.9 Å². The van der Waals surface area contributed by atoms with Crippen molar-refractivity contribution in [2.24, 2.45) is 5.92 Å². The minimum atomic E-state index is -0.857. The molecule has 2 aliphatic rings. The first-order valence-electron chi connectivity index (χ1n) is 7.07. The van der Waals surface area contributed by atoms with Crippen molar-refractivity contribution in [2.45, 2.75) is 31.4 Å². The molecule has 0 bridgehead atoms. The fraction of sp³-hybridized carbons (Fsp3) is 0.467. The van der Waals surface area contributed by atoms with Gasteiger partial charge < -0.3 is 19.9 Å². The Labute approximate surface area is 122 Å². The summed E-state index contributed by atoms with van der Waals surface area (Å²) in [6.45, 7) is 0.132. The average Bonchev–Trinajstić information content (AvgIpc) is 2.95. The summed E-state index contributed by atoms with van der Waals surface area (Å²) in [6.07, 6.45) is 1.36. The standard InChI is InChI=1S/C15H17NO5/c17-14(16-10-5-3-4-9(10)15(18)19)13-8-20-11-6-1-2-7-12(11)21-13/h1-2,6-7,9-10,13H,3-5,8H2,(H,16,17)(H,18,19)/t9-,10+,13?/m1/s1. The van der Waals surface area contributed by atoms with Gasteiger partial charge in [-0.3, -0.25) is 9.59 Å². The van der Waals surface area contributed by atoms with Gasteiger partial charge >= 0.3 is 5.97 Å². The number of benzene rings is 1. The van der Waals surface area contributed by atoms with E-state index in [2.05, 4.69) is 5.32 Å². The molecule has 112 valence electrons. The summed E-state index contributed by atoms with van der Waals surface area (Å²) in [5, 5.41) is 11.9. The minimum Gasteiger partial charge on any atom is -0.485 e. The Bertz CT molecular complexity index is 559. The Morgan fingerprint density at radius 2 is 1.95 bits per heavy atom. The smallest absolute Gasteiger partial charge is 0.308 e. The molecule has 6 heteroatoms. The van der Waals surface area contributed by atoms with Gasteiger partial charge in [0.15, 0.2) is 11.5 Å². The number of ether oxygens (including phenoxy) is 2. The zero-order chi connectivity index (χ0) is 14.8. The second-order valence-corrected chi connectivity index (χ2v) is 5.35. The zero-order valence-corrected chi connectivity index (χ0v) is 11.5. The first kappa shape index (κ1) is 13.7. The number of carboxylic acid groups (broad SMARTS) is 1. The quantitative estimate of drug-likeness (QED) is 0.874. The third-order valence-corrected chi connectivity index (χ3v) is 3.96. The van der Waals surface area contributed by atoms with Crippen molar-refractivity contribution in [2.75, 3.05) is 6.61 Å². The van der Waals surface area contributed by atoms with Crippen LogP contribution < -0.4 is 14.8 Å². The SMILES string of the molecule is O=C(N[C@H]1CCC[C@H]1C(=O)O)C1COc2ccccc2O1. The molecule has 0 saturated heterocycles. The van der Waals surface area contributed by atoms with E-state index >= 15 is 0 Å². The van der Waals surface area contributed by atoms with E-state index in [1.165, 1.54) is 0 Å². The Hall–Kier alpha value is -2.24. The highest BCUT2D eigenvalue weighted by Gasteiger charge is 2.36. The van der Waals surface area contributed by atoms with Crippen LogP contribution in [0, 0.1) is 5.92 Å². The van der Waals surface area contributed by atoms with Gasteiger partial charge in [-0.2, -0.15) is 0 Å². The van der Waals surface area contributed by atoms with E-state index in [1.54, 1.807) is 18.2 Å². The molecule has 0 spiro atoms. The van der Waals surface area contributed by atoms with Crippen molar-refractivity contribution < 1.29 is 24.2 Å². The number of carboxylic acids is 1. The van der Waals surface area contributed by atoms with E-state index in [1.807, 2.05) is 6.07 Å². The summed E-state index contributed by atoms with van der Waals surface area (Å²) in [5.41, 5.74) is 0. The molecule has 2 N–H and O–H groups in total. The van der Waals surface area contributed by atoms with Crippen LogP contribution in [0.15, 0.2) is 24.3 Å². The number of carbonyl (C=O) groups excluding carboxylic acids is 1. The Morgan fingerprint density at radius 1 is 1.19 bits per heavy atom. The molecular formula is C15H17NO5. The van der Waals surface area contributed by atoms with E-state index in [0.29, 0.717) is 24.3 Å². The molecule has 21 heavy (non-hydrogen) atoms. The first-order valence-corrected chi connectivity index (χ1v) is 7.07. The third-order valence-electron chi connectivity index (χ3n) is 3.96. The number of para-hydroxylation sites is 2. The Morgan fingerprint density at radius 3 is 2.71 bits per heavy atom. The zero-order valence-electron chi connectivity index (χ0n) is 11.5. The molecule has 1 aromatic rings. The van der Waals surface area contributed by atoms with E-state index < -0.39 is 18.0 Å². The molecule has 3 atom stereocenters. The maximum atomic E-state index is 12.2. The highest BCUT2D eigenvalue weighted by molar-refractivity contribution is 5.83. The molecule has 1 fully saturated rings. The Balaban J connectivity index is 1.63. The maximum absolute atomic E-state index is 12.2. The molecule has 1 saturated carbocycles. The Kier molecular flexibility index (Phi) is 3.68.